The fraction of sp³-hybridized carbons (Fsp3) is 0.200. The van der Waals surface area contributed by atoms with E-state index in [0.717, 1.165) is 27.6 Å². The van der Waals surface area contributed by atoms with Gasteiger partial charge in [0, 0.05) is 0 Å². The molecule has 3 rings (SSSR count). The molecule has 0 aliphatic heterocycles. The van der Waals surface area contributed by atoms with Crippen LogP contribution >= 0.6 is 0 Å². The van der Waals surface area contributed by atoms with Crippen LogP contribution in [0, 0.1) is 6.92 Å². The van der Waals surface area contributed by atoms with Gasteiger partial charge in [-0.2, -0.15) is 5.10 Å². The lowest BCUT2D eigenvalue weighted by molar-refractivity contribution is -0.119. The van der Waals surface area contributed by atoms with Gasteiger partial charge in [-0.15, -0.1) is 0 Å². The Hall–Kier alpha value is -3.65. The van der Waals surface area contributed by atoms with Crippen molar-refractivity contribution in [2.75, 3.05) is 17.5 Å². The van der Waals surface area contributed by atoms with Gasteiger partial charge in [0.05, 0.1) is 23.4 Å². The molecule has 0 radical (unpaired) electrons. The van der Waals surface area contributed by atoms with Crippen LogP contribution < -0.4 is 14.5 Å². The monoisotopic (exact) mass is 465 g/mol. The highest BCUT2D eigenvalue weighted by molar-refractivity contribution is 7.92. The molecule has 0 saturated carbocycles. The van der Waals surface area contributed by atoms with Crippen molar-refractivity contribution in [3.8, 4) is 5.75 Å². The standard InChI is InChI=1S/C25H27N3O4S/c1-3-16-32-23-14-12-21(13-15-23)18-26-27-25(29)19-28(22-9-7-8-20(2)17-22)33(30,31)24-10-5-4-6-11-24/h4-15,17-18H,3,16,19H2,1-2H3,(H,27,29)/b26-18-. The Morgan fingerprint density at radius 1 is 1.03 bits per heavy atom. The molecule has 0 aliphatic rings. The zero-order valence-corrected chi connectivity index (χ0v) is 19.5. The second-order valence-electron chi connectivity index (χ2n) is 7.37. The van der Waals surface area contributed by atoms with Crippen LogP contribution in [0.3, 0.4) is 0 Å². The number of hydrogen-bond donors (Lipinski definition) is 1. The number of rotatable bonds is 10. The molecule has 0 aromatic heterocycles. The van der Waals surface area contributed by atoms with Crippen LogP contribution in [-0.4, -0.2) is 33.7 Å². The fourth-order valence-corrected chi connectivity index (χ4v) is 4.47. The van der Waals surface area contributed by atoms with Crippen molar-refractivity contribution < 1.29 is 17.9 Å². The average Bonchev–Trinajstić information content (AvgIpc) is 2.82. The Morgan fingerprint density at radius 2 is 1.76 bits per heavy atom. The van der Waals surface area contributed by atoms with E-state index < -0.39 is 22.5 Å². The molecular formula is C25H27N3O4S. The van der Waals surface area contributed by atoms with E-state index in [9.17, 15) is 13.2 Å². The zero-order chi connectivity index (χ0) is 23.7. The number of carbonyl (C=O) groups excluding carboxylic acids is 1. The summed E-state index contributed by atoms with van der Waals surface area (Å²) in [6.07, 6.45) is 2.42. The smallest absolute Gasteiger partial charge is 0.264 e. The highest BCUT2D eigenvalue weighted by Gasteiger charge is 2.27. The largest absolute Gasteiger partial charge is 0.494 e. The molecule has 1 N–H and O–H groups in total. The van der Waals surface area contributed by atoms with Gasteiger partial charge in [0.1, 0.15) is 12.3 Å². The van der Waals surface area contributed by atoms with Crippen LogP contribution in [0.25, 0.3) is 0 Å². The van der Waals surface area contributed by atoms with E-state index in [1.165, 1.54) is 18.3 Å². The molecule has 0 unspecified atom stereocenters. The first kappa shape index (κ1) is 24.0. The maximum absolute atomic E-state index is 13.3. The molecule has 0 saturated heterocycles. The number of nitrogens with zero attached hydrogens (tertiary/aromatic N) is 2. The Balaban J connectivity index is 1.73. The van der Waals surface area contributed by atoms with Gasteiger partial charge in [-0.25, -0.2) is 13.8 Å². The third-order valence-corrected chi connectivity index (χ3v) is 6.45. The summed E-state index contributed by atoms with van der Waals surface area (Å²) in [4.78, 5) is 12.7. The van der Waals surface area contributed by atoms with Crippen LogP contribution in [0.15, 0.2) is 88.9 Å². The maximum atomic E-state index is 13.3. The Kier molecular flexibility index (Phi) is 8.21. The Bertz CT molecular complexity index is 1190. The molecular weight excluding hydrogens is 438 g/mol. The highest BCUT2D eigenvalue weighted by Crippen LogP contribution is 2.24. The predicted molar refractivity (Wildman–Crippen MR) is 130 cm³/mol. The van der Waals surface area contributed by atoms with E-state index in [2.05, 4.69) is 10.5 Å². The first-order chi connectivity index (χ1) is 15.9. The number of nitrogens with one attached hydrogen (secondary N) is 1. The summed E-state index contributed by atoms with van der Waals surface area (Å²) in [6, 6.07) is 22.3. The van der Waals surface area contributed by atoms with E-state index in [1.807, 2.05) is 44.2 Å². The van der Waals surface area contributed by atoms with E-state index in [0.29, 0.717) is 12.3 Å². The summed E-state index contributed by atoms with van der Waals surface area (Å²) < 4.78 is 33.2. The molecule has 0 heterocycles. The fourth-order valence-electron chi connectivity index (χ4n) is 3.03. The lowest BCUT2D eigenvalue weighted by Gasteiger charge is -2.24. The number of aryl methyl sites for hydroxylation is 1. The molecule has 0 atom stereocenters. The summed E-state index contributed by atoms with van der Waals surface area (Å²) in [7, 11) is -3.95. The number of carbonyl (C=O) groups is 1. The minimum Gasteiger partial charge on any atom is -0.494 e. The number of sulfonamides is 1. The quantitative estimate of drug-likeness (QED) is 0.360. The van der Waals surface area contributed by atoms with Gasteiger partial charge >= 0.3 is 0 Å². The predicted octanol–water partition coefficient (Wildman–Crippen LogP) is 4.13. The molecule has 7 nitrogen and oxygen atoms in total. The van der Waals surface area contributed by atoms with E-state index in [-0.39, 0.29) is 4.90 Å². The number of ether oxygens (including phenoxy) is 1. The SMILES string of the molecule is CCCOc1ccc(/C=N\NC(=O)CN(c2cccc(C)c2)S(=O)(=O)c2ccccc2)cc1. The van der Waals surface area contributed by atoms with Gasteiger partial charge in [-0.3, -0.25) is 9.10 Å². The van der Waals surface area contributed by atoms with Crippen LogP contribution in [0.4, 0.5) is 5.69 Å². The van der Waals surface area contributed by atoms with Crippen molar-refractivity contribution in [2.24, 2.45) is 5.10 Å². The molecule has 0 bridgehead atoms. The number of anilines is 1. The van der Waals surface area contributed by atoms with Gasteiger partial charge in [0.2, 0.25) is 0 Å². The average molecular weight is 466 g/mol. The van der Waals surface area contributed by atoms with Gasteiger partial charge in [0.15, 0.2) is 0 Å². The third kappa shape index (κ3) is 6.66. The first-order valence-corrected chi connectivity index (χ1v) is 12.0. The molecule has 0 aliphatic carbocycles. The van der Waals surface area contributed by atoms with Crippen molar-refractivity contribution >= 4 is 27.8 Å². The zero-order valence-electron chi connectivity index (χ0n) is 18.6. The van der Waals surface area contributed by atoms with Crippen LogP contribution in [-0.2, 0) is 14.8 Å². The first-order valence-electron chi connectivity index (χ1n) is 10.6. The molecule has 0 spiro atoms. The highest BCUT2D eigenvalue weighted by atomic mass is 32.2. The number of benzene rings is 3. The molecule has 8 heteroatoms. The number of hydrazone groups is 1. The van der Waals surface area contributed by atoms with Crippen molar-refractivity contribution in [3.05, 3.63) is 90.0 Å². The molecule has 3 aromatic carbocycles. The lowest BCUT2D eigenvalue weighted by atomic mass is 10.2. The molecule has 172 valence electrons. The summed E-state index contributed by atoms with van der Waals surface area (Å²) in [5.74, 6) is 0.202. The molecule has 33 heavy (non-hydrogen) atoms. The minimum absolute atomic E-state index is 0.105. The summed E-state index contributed by atoms with van der Waals surface area (Å²) >= 11 is 0. The maximum Gasteiger partial charge on any atom is 0.264 e. The summed E-state index contributed by atoms with van der Waals surface area (Å²) in [5, 5.41) is 3.97. The van der Waals surface area contributed by atoms with Crippen molar-refractivity contribution in [1.82, 2.24) is 5.43 Å². The third-order valence-electron chi connectivity index (χ3n) is 4.66. The van der Waals surface area contributed by atoms with Gasteiger partial charge in [-0.05, 0) is 73.0 Å². The molecule has 1 amide bonds. The molecule has 0 fully saturated rings. The van der Waals surface area contributed by atoms with Crippen molar-refractivity contribution in [2.45, 2.75) is 25.2 Å². The second-order valence-corrected chi connectivity index (χ2v) is 9.24. The Morgan fingerprint density at radius 3 is 2.42 bits per heavy atom. The normalized spacial score (nSPS) is 11.3. The van der Waals surface area contributed by atoms with E-state index in [1.54, 1.807) is 36.4 Å². The lowest BCUT2D eigenvalue weighted by Crippen LogP contribution is -2.39. The van der Waals surface area contributed by atoms with Gasteiger partial charge in [-0.1, -0.05) is 37.3 Å². The Labute approximate surface area is 194 Å². The summed E-state index contributed by atoms with van der Waals surface area (Å²) in [6.45, 7) is 4.13. The van der Waals surface area contributed by atoms with Crippen molar-refractivity contribution in [3.63, 3.8) is 0 Å². The topological polar surface area (TPSA) is 88.1 Å². The second kappa shape index (κ2) is 11.3. The van der Waals surface area contributed by atoms with Crippen LogP contribution in [0.5, 0.6) is 5.75 Å². The number of amides is 1. The van der Waals surface area contributed by atoms with Gasteiger partial charge < -0.3 is 4.74 Å². The van der Waals surface area contributed by atoms with E-state index >= 15 is 0 Å². The molecule has 3 aromatic rings. The van der Waals surface area contributed by atoms with E-state index in [4.69, 9.17) is 4.74 Å². The number of hydrogen-bond acceptors (Lipinski definition) is 5. The van der Waals surface area contributed by atoms with Crippen LogP contribution in [0.2, 0.25) is 0 Å². The van der Waals surface area contributed by atoms with Crippen molar-refractivity contribution in [1.29, 1.82) is 0 Å². The summed E-state index contributed by atoms with van der Waals surface area (Å²) in [5.41, 5.74) is 4.47. The van der Waals surface area contributed by atoms with Gasteiger partial charge in [0.25, 0.3) is 15.9 Å². The van der Waals surface area contributed by atoms with Crippen LogP contribution in [0.1, 0.15) is 24.5 Å². The minimum atomic E-state index is -3.95.